The van der Waals surface area contributed by atoms with Crippen LogP contribution >= 0.6 is 0 Å². The second kappa shape index (κ2) is 9.89. The van der Waals surface area contributed by atoms with Crippen molar-refractivity contribution in [2.45, 2.75) is 0 Å². The number of non-ortho nitro benzene ring substituents is 1. The first-order chi connectivity index (χ1) is 16.9. The van der Waals surface area contributed by atoms with E-state index in [-0.39, 0.29) is 11.3 Å². The Kier molecular flexibility index (Phi) is 6.56. The highest BCUT2D eigenvalue weighted by atomic mass is 16.6. The fraction of sp³-hybridized carbons (Fsp3) is 0.0714. The molecule has 7 heteroatoms. The van der Waals surface area contributed by atoms with Crippen molar-refractivity contribution in [3.05, 3.63) is 112 Å². The molecule has 3 aromatic carbocycles. The van der Waals surface area contributed by atoms with Crippen LogP contribution in [0.3, 0.4) is 0 Å². The summed E-state index contributed by atoms with van der Waals surface area (Å²) in [6, 6.07) is 29.6. The van der Waals surface area contributed by atoms with E-state index in [1.165, 1.54) is 17.0 Å². The van der Waals surface area contributed by atoms with Crippen molar-refractivity contribution in [1.29, 1.82) is 5.26 Å². The van der Waals surface area contributed by atoms with Crippen molar-refractivity contribution in [3.8, 4) is 34.3 Å². The molecule has 0 aliphatic rings. The van der Waals surface area contributed by atoms with Crippen LogP contribution in [0.2, 0.25) is 0 Å². The maximum atomic E-state index is 12.6. The van der Waals surface area contributed by atoms with Crippen molar-refractivity contribution in [2.75, 3.05) is 14.1 Å². The van der Waals surface area contributed by atoms with Crippen LogP contribution in [-0.2, 0) is 4.79 Å². The predicted octanol–water partition coefficient (Wildman–Crippen LogP) is 5.71. The van der Waals surface area contributed by atoms with Gasteiger partial charge in [-0.05, 0) is 35.4 Å². The molecule has 0 bridgehead atoms. The van der Waals surface area contributed by atoms with Crippen LogP contribution in [0.1, 0.15) is 5.56 Å². The van der Waals surface area contributed by atoms with E-state index >= 15 is 0 Å². The van der Waals surface area contributed by atoms with Gasteiger partial charge in [-0.1, -0.05) is 60.7 Å². The molecule has 4 aromatic rings. The molecule has 0 atom stereocenters. The van der Waals surface area contributed by atoms with Gasteiger partial charge >= 0.3 is 0 Å². The molecule has 35 heavy (non-hydrogen) atoms. The van der Waals surface area contributed by atoms with E-state index in [4.69, 9.17) is 0 Å². The molecule has 0 saturated carbocycles. The Balaban J connectivity index is 2.07. The number of aromatic nitrogens is 1. The summed E-state index contributed by atoms with van der Waals surface area (Å²) in [5.41, 5.74) is 4.76. The Hall–Kier alpha value is -4.96. The van der Waals surface area contributed by atoms with Crippen molar-refractivity contribution in [3.63, 3.8) is 0 Å². The fourth-order valence-electron chi connectivity index (χ4n) is 3.88. The summed E-state index contributed by atoms with van der Waals surface area (Å²) in [5.74, 6) is -0.393. The molecular weight excluding hydrogens is 440 g/mol. The molecule has 0 N–H and O–H groups in total. The molecule has 0 aliphatic carbocycles. The zero-order valence-corrected chi connectivity index (χ0v) is 19.3. The number of nitro benzene ring substituents is 1. The number of amides is 1. The van der Waals surface area contributed by atoms with E-state index in [2.05, 4.69) is 0 Å². The van der Waals surface area contributed by atoms with Crippen LogP contribution in [0, 0.1) is 21.4 Å². The Morgan fingerprint density at radius 1 is 0.943 bits per heavy atom. The normalized spacial score (nSPS) is 11.1. The smallest absolute Gasteiger partial charge is 0.269 e. The first kappa shape index (κ1) is 23.2. The summed E-state index contributed by atoms with van der Waals surface area (Å²) >= 11 is 0. The summed E-state index contributed by atoms with van der Waals surface area (Å²) in [5, 5.41) is 21.0. The number of carbonyl (C=O) groups is 1. The SMILES string of the molecule is CN(C)C(=O)/C(C#N)=C/c1cc(-c2ccccc2)n(-c2ccc([N+](=O)[O-])cc2)c1-c1ccccc1. The number of hydrogen-bond acceptors (Lipinski definition) is 4. The van der Waals surface area contributed by atoms with Gasteiger partial charge in [0, 0.05) is 37.5 Å². The highest BCUT2D eigenvalue weighted by Crippen LogP contribution is 2.37. The quantitative estimate of drug-likeness (QED) is 0.159. The third-order valence-electron chi connectivity index (χ3n) is 5.52. The van der Waals surface area contributed by atoms with Gasteiger partial charge in [0.1, 0.15) is 11.6 Å². The van der Waals surface area contributed by atoms with Crippen molar-refractivity contribution in [1.82, 2.24) is 9.47 Å². The minimum atomic E-state index is -0.435. The van der Waals surface area contributed by atoms with Gasteiger partial charge < -0.3 is 9.47 Å². The molecule has 0 radical (unpaired) electrons. The van der Waals surface area contributed by atoms with Crippen LogP contribution in [0.25, 0.3) is 34.3 Å². The van der Waals surface area contributed by atoms with Crippen LogP contribution in [-0.4, -0.2) is 34.4 Å². The van der Waals surface area contributed by atoms with E-state index in [1.54, 1.807) is 32.3 Å². The van der Waals surface area contributed by atoms with E-state index in [0.29, 0.717) is 11.3 Å². The second-order valence-electron chi connectivity index (χ2n) is 8.04. The summed E-state index contributed by atoms with van der Waals surface area (Å²) in [6.45, 7) is 0. The topological polar surface area (TPSA) is 92.2 Å². The highest BCUT2D eigenvalue weighted by Gasteiger charge is 2.21. The monoisotopic (exact) mass is 462 g/mol. The zero-order valence-electron chi connectivity index (χ0n) is 19.3. The number of nitrogens with zero attached hydrogens (tertiary/aromatic N) is 4. The maximum Gasteiger partial charge on any atom is 0.269 e. The third kappa shape index (κ3) is 4.72. The Morgan fingerprint density at radius 2 is 1.51 bits per heavy atom. The molecule has 4 rings (SSSR count). The van der Waals surface area contributed by atoms with Gasteiger partial charge in [0.15, 0.2) is 0 Å². The Morgan fingerprint density at radius 3 is 2.03 bits per heavy atom. The average Bonchev–Trinajstić information content (AvgIpc) is 3.27. The van der Waals surface area contributed by atoms with Crippen LogP contribution < -0.4 is 0 Å². The number of benzene rings is 3. The minimum absolute atomic E-state index is 0.00708. The lowest BCUT2D eigenvalue weighted by Crippen LogP contribution is -2.22. The number of nitro groups is 1. The lowest BCUT2D eigenvalue weighted by molar-refractivity contribution is -0.384. The van der Waals surface area contributed by atoms with Gasteiger partial charge in [-0.3, -0.25) is 14.9 Å². The number of rotatable bonds is 6. The van der Waals surface area contributed by atoms with E-state index in [0.717, 1.165) is 22.5 Å². The molecule has 0 saturated heterocycles. The Bertz CT molecular complexity index is 1450. The molecule has 1 aromatic heterocycles. The minimum Gasteiger partial charge on any atom is -0.344 e. The van der Waals surface area contributed by atoms with Crippen LogP contribution in [0.4, 0.5) is 5.69 Å². The average molecular weight is 463 g/mol. The lowest BCUT2D eigenvalue weighted by Gasteiger charge is -2.15. The Labute approximate surface area is 202 Å². The number of likely N-dealkylation sites (N-methyl/N-ethyl adjacent to an activating group) is 1. The molecule has 0 unspecified atom stereocenters. The lowest BCUT2D eigenvalue weighted by atomic mass is 10.0. The summed E-state index contributed by atoms with van der Waals surface area (Å²) in [6.07, 6.45) is 1.60. The van der Waals surface area contributed by atoms with Crippen molar-refractivity contribution in [2.24, 2.45) is 0 Å². The number of carbonyl (C=O) groups excluding carboxylic acids is 1. The summed E-state index contributed by atoms with van der Waals surface area (Å²) < 4.78 is 2.00. The summed E-state index contributed by atoms with van der Waals surface area (Å²) in [7, 11) is 3.20. The number of hydrogen-bond donors (Lipinski definition) is 0. The van der Waals surface area contributed by atoms with Gasteiger partial charge in [0.2, 0.25) is 0 Å². The van der Waals surface area contributed by atoms with Gasteiger partial charge in [-0.25, -0.2) is 0 Å². The van der Waals surface area contributed by atoms with Crippen molar-refractivity contribution < 1.29 is 9.72 Å². The van der Waals surface area contributed by atoms with Crippen LogP contribution in [0.5, 0.6) is 0 Å². The fourth-order valence-corrected chi connectivity index (χ4v) is 3.88. The first-order valence-electron chi connectivity index (χ1n) is 10.9. The summed E-state index contributed by atoms with van der Waals surface area (Å²) in [4.78, 5) is 24.8. The number of nitriles is 1. The maximum absolute atomic E-state index is 12.6. The molecule has 1 heterocycles. The molecule has 1 amide bonds. The van der Waals surface area contributed by atoms with Crippen LogP contribution in [0.15, 0.2) is 96.6 Å². The molecule has 0 fully saturated rings. The molecule has 172 valence electrons. The predicted molar refractivity (Wildman–Crippen MR) is 136 cm³/mol. The van der Waals surface area contributed by atoms with Gasteiger partial charge in [0.25, 0.3) is 11.6 Å². The molecular formula is C28H22N4O3. The standard InChI is InChI=1S/C28H22N4O3/c1-30(2)28(33)23(19-29)17-22-18-26(20-9-5-3-6-10-20)31(27(22)21-11-7-4-8-12-21)24-13-15-25(16-14-24)32(34)35/h3-18H,1-2H3/b23-17+. The first-order valence-corrected chi connectivity index (χ1v) is 10.9. The van der Waals surface area contributed by atoms with E-state index in [1.807, 2.05) is 77.4 Å². The zero-order chi connectivity index (χ0) is 24.9. The largest absolute Gasteiger partial charge is 0.344 e. The van der Waals surface area contributed by atoms with E-state index in [9.17, 15) is 20.2 Å². The molecule has 0 aliphatic heterocycles. The molecule has 7 nitrogen and oxygen atoms in total. The van der Waals surface area contributed by atoms with Gasteiger partial charge in [-0.15, -0.1) is 0 Å². The van der Waals surface area contributed by atoms with Crippen molar-refractivity contribution >= 4 is 17.7 Å². The highest BCUT2D eigenvalue weighted by molar-refractivity contribution is 6.02. The van der Waals surface area contributed by atoms with E-state index < -0.39 is 10.8 Å². The third-order valence-corrected chi connectivity index (χ3v) is 5.52. The molecule has 0 spiro atoms. The van der Waals surface area contributed by atoms with Gasteiger partial charge in [0.05, 0.1) is 16.3 Å². The van der Waals surface area contributed by atoms with Gasteiger partial charge in [-0.2, -0.15) is 5.26 Å². The second-order valence-corrected chi connectivity index (χ2v) is 8.04.